The van der Waals surface area contributed by atoms with Crippen molar-refractivity contribution in [3.05, 3.63) is 68.0 Å². The second kappa shape index (κ2) is 6.03. The van der Waals surface area contributed by atoms with E-state index in [-0.39, 0.29) is 18.0 Å². The first-order valence-corrected chi connectivity index (χ1v) is 9.42. The molecule has 1 unspecified atom stereocenters. The molecule has 1 fully saturated rings. The average Bonchev–Trinajstić information content (AvgIpc) is 3.15. The maximum absolute atomic E-state index is 13.0. The van der Waals surface area contributed by atoms with Crippen LogP contribution in [0.25, 0.3) is 4.96 Å². The Balaban J connectivity index is 1.68. The maximum atomic E-state index is 13.0. The van der Waals surface area contributed by atoms with Crippen molar-refractivity contribution in [2.75, 3.05) is 0 Å². The molecule has 1 N–H and O–H groups in total. The molecule has 1 aliphatic heterocycles. The van der Waals surface area contributed by atoms with Gasteiger partial charge in [0, 0.05) is 22.1 Å². The summed E-state index contributed by atoms with van der Waals surface area (Å²) in [5.41, 5.74) is -0.356. The van der Waals surface area contributed by atoms with Crippen molar-refractivity contribution in [1.29, 1.82) is 0 Å². The average molecular weight is 433 g/mol. The predicted molar refractivity (Wildman–Crippen MR) is 99.9 cm³/mol. The second-order valence-corrected chi connectivity index (χ2v) is 7.89. The minimum Gasteiger partial charge on any atom is -0.319 e. The van der Waals surface area contributed by atoms with E-state index >= 15 is 0 Å². The Labute approximate surface area is 160 Å². The number of imide groups is 1. The fraction of sp³-hybridized carbons (Fsp3) is 0.176. The van der Waals surface area contributed by atoms with E-state index in [1.165, 1.54) is 21.8 Å². The van der Waals surface area contributed by atoms with Gasteiger partial charge < -0.3 is 5.32 Å². The Morgan fingerprint density at radius 3 is 2.85 bits per heavy atom. The number of carbonyl (C=O) groups excluding carboxylic acids is 2. The molecule has 0 bridgehead atoms. The van der Waals surface area contributed by atoms with Crippen molar-refractivity contribution in [1.82, 2.24) is 19.6 Å². The minimum atomic E-state index is -1.16. The lowest BCUT2D eigenvalue weighted by atomic mass is 9.92. The molecule has 1 saturated heterocycles. The summed E-state index contributed by atoms with van der Waals surface area (Å²) in [5, 5.41) is 4.50. The highest BCUT2D eigenvalue weighted by molar-refractivity contribution is 9.10. The van der Waals surface area contributed by atoms with Crippen LogP contribution in [-0.2, 0) is 16.9 Å². The number of carbonyl (C=O) groups is 2. The van der Waals surface area contributed by atoms with Crippen LogP contribution in [-0.4, -0.2) is 26.2 Å². The normalized spacial score (nSPS) is 20.0. The molecule has 26 heavy (non-hydrogen) atoms. The van der Waals surface area contributed by atoms with Gasteiger partial charge in [0.25, 0.3) is 11.5 Å². The van der Waals surface area contributed by atoms with Crippen LogP contribution in [0.1, 0.15) is 18.2 Å². The first-order valence-electron chi connectivity index (χ1n) is 7.74. The lowest BCUT2D eigenvalue weighted by Gasteiger charge is -2.22. The zero-order chi connectivity index (χ0) is 18.5. The number of aromatic nitrogens is 2. The first kappa shape index (κ1) is 16.9. The van der Waals surface area contributed by atoms with Gasteiger partial charge in [-0.25, -0.2) is 9.78 Å². The molecule has 1 aliphatic rings. The number of rotatable bonds is 3. The fourth-order valence-electron chi connectivity index (χ4n) is 2.97. The van der Waals surface area contributed by atoms with Crippen molar-refractivity contribution in [3.63, 3.8) is 0 Å². The van der Waals surface area contributed by atoms with Crippen LogP contribution in [0, 0.1) is 0 Å². The quantitative estimate of drug-likeness (QED) is 0.644. The van der Waals surface area contributed by atoms with Crippen molar-refractivity contribution >= 4 is 44.2 Å². The zero-order valence-electron chi connectivity index (χ0n) is 13.6. The number of hydrogen-bond donors (Lipinski definition) is 1. The van der Waals surface area contributed by atoms with Crippen molar-refractivity contribution < 1.29 is 9.59 Å². The summed E-state index contributed by atoms with van der Waals surface area (Å²) >= 11 is 4.70. The molecule has 3 heterocycles. The van der Waals surface area contributed by atoms with E-state index in [4.69, 9.17) is 0 Å². The molecular formula is C17H13BrN4O3S. The molecule has 0 spiro atoms. The lowest BCUT2D eigenvalue weighted by molar-refractivity contribution is -0.131. The van der Waals surface area contributed by atoms with E-state index in [0.717, 1.165) is 9.37 Å². The van der Waals surface area contributed by atoms with Gasteiger partial charge in [-0.2, -0.15) is 0 Å². The van der Waals surface area contributed by atoms with Gasteiger partial charge in [0.05, 0.1) is 12.2 Å². The molecular weight excluding hydrogens is 420 g/mol. The van der Waals surface area contributed by atoms with Crippen LogP contribution in [0.3, 0.4) is 0 Å². The third kappa shape index (κ3) is 2.63. The SMILES string of the molecule is CC1(c2cccc(Br)c2)NC(=O)N(Cc2cc(=O)n3ccsc3n2)C1=O. The van der Waals surface area contributed by atoms with Crippen LogP contribution >= 0.6 is 27.3 Å². The first-order chi connectivity index (χ1) is 12.4. The van der Waals surface area contributed by atoms with Crippen LogP contribution in [0.4, 0.5) is 4.79 Å². The number of benzene rings is 1. The number of hydrogen-bond acceptors (Lipinski definition) is 5. The molecule has 2 aromatic heterocycles. The summed E-state index contributed by atoms with van der Waals surface area (Å²) in [6.45, 7) is 1.61. The lowest BCUT2D eigenvalue weighted by Crippen LogP contribution is -2.40. The third-order valence-corrected chi connectivity index (χ3v) is 5.60. The Bertz CT molecular complexity index is 1110. The zero-order valence-corrected chi connectivity index (χ0v) is 16.0. The number of thiazole rings is 1. The molecule has 4 rings (SSSR count). The molecule has 3 aromatic rings. The van der Waals surface area contributed by atoms with E-state index in [2.05, 4.69) is 26.2 Å². The van der Waals surface area contributed by atoms with E-state index in [1.807, 2.05) is 6.07 Å². The summed E-state index contributed by atoms with van der Waals surface area (Å²) in [6, 6.07) is 8.07. The van der Waals surface area contributed by atoms with E-state index in [0.29, 0.717) is 16.2 Å². The molecule has 1 aromatic carbocycles. The fourth-order valence-corrected chi connectivity index (χ4v) is 4.10. The summed E-state index contributed by atoms with van der Waals surface area (Å²) in [6.07, 6.45) is 1.64. The number of halogens is 1. The van der Waals surface area contributed by atoms with E-state index < -0.39 is 11.6 Å². The summed E-state index contributed by atoms with van der Waals surface area (Å²) in [7, 11) is 0. The maximum Gasteiger partial charge on any atom is 0.325 e. The molecule has 3 amide bonds. The largest absolute Gasteiger partial charge is 0.325 e. The van der Waals surface area contributed by atoms with E-state index in [9.17, 15) is 14.4 Å². The molecule has 1 atom stereocenters. The van der Waals surface area contributed by atoms with Gasteiger partial charge in [0.1, 0.15) is 5.54 Å². The smallest absolute Gasteiger partial charge is 0.319 e. The van der Waals surface area contributed by atoms with Crippen LogP contribution in [0.5, 0.6) is 0 Å². The van der Waals surface area contributed by atoms with Crippen LogP contribution in [0.2, 0.25) is 0 Å². The number of nitrogens with one attached hydrogen (secondary N) is 1. The second-order valence-electron chi connectivity index (χ2n) is 6.10. The van der Waals surface area contributed by atoms with Gasteiger partial charge in [0.15, 0.2) is 4.96 Å². The Hall–Kier alpha value is -2.52. The number of nitrogens with zero attached hydrogens (tertiary/aromatic N) is 3. The van der Waals surface area contributed by atoms with Crippen molar-refractivity contribution in [3.8, 4) is 0 Å². The molecule has 132 valence electrons. The molecule has 0 aliphatic carbocycles. The number of urea groups is 1. The molecule has 9 heteroatoms. The van der Waals surface area contributed by atoms with Crippen LogP contribution < -0.4 is 10.9 Å². The van der Waals surface area contributed by atoms with Gasteiger partial charge in [-0.1, -0.05) is 28.1 Å². The number of amides is 3. The topological polar surface area (TPSA) is 83.8 Å². The Morgan fingerprint density at radius 1 is 1.27 bits per heavy atom. The summed E-state index contributed by atoms with van der Waals surface area (Å²) in [5.74, 6) is -0.381. The van der Waals surface area contributed by atoms with E-state index in [1.54, 1.807) is 36.7 Å². The Kier molecular flexibility index (Phi) is 3.92. The van der Waals surface area contributed by atoms with Crippen molar-refractivity contribution in [2.45, 2.75) is 19.0 Å². The standard InChI is InChI=1S/C17H13BrN4O3S/c1-17(10-3-2-4-11(18)7-10)14(24)22(15(25)20-17)9-12-8-13(23)21-5-6-26-16(21)19-12/h2-8H,9H2,1H3,(H,20,25). The highest BCUT2D eigenvalue weighted by Crippen LogP contribution is 2.31. The predicted octanol–water partition coefficient (Wildman–Crippen LogP) is 2.49. The summed E-state index contributed by atoms with van der Waals surface area (Å²) < 4.78 is 2.24. The summed E-state index contributed by atoms with van der Waals surface area (Å²) in [4.78, 5) is 43.5. The van der Waals surface area contributed by atoms with Gasteiger partial charge in [0.2, 0.25) is 0 Å². The van der Waals surface area contributed by atoms with Crippen molar-refractivity contribution in [2.24, 2.45) is 0 Å². The Morgan fingerprint density at radius 2 is 2.08 bits per heavy atom. The highest BCUT2D eigenvalue weighted by Gasteiger charge is 2.49. The molecule has 0 radical (unpaired) electrons. The van der Waals surface area contributed by atoms with Gasteiger partial charge in [-0.15, -0.1) is 11.3 Å². The van der Waals surface area contributed by atoms with Gasteiger partial charge in [-0.05, 0) is 24.6 Å². The van der Waals surface area contributed by atoms with Gasteiger partial charge >= 0.3 is 6.03 Å². The van der Waals surface area contributed by atoms with Gasteiger partial charge in [-0.3, -0.25) is 18.9 Å². The minimum absolute atomic E-state index is 0.0576. The number of fused-ring (bicyclic) bond motifs is 1. The molecule has 7 nitrogen and oxygen atoms in total. The van der Waals surface area contributed by atoms with Crippen LogP contribution in [0.15, 0.2) is 51.2 Å². The monoisotopic (exact) mass is 432 g/mol. The molecule has 0 saturated carbocycles. The highest BCUT2D eigenvalue weighted by atomic mass is 79.9. The third-order valence-electron chi connectivity index (χ3n) is 4.35.